The van der Waals surface area contributed by atoms with E-state index in [0.717, 1.165) is 25.7 Å². The lowest BCUT2D eigenvalue weighted by Crippen LogP contribution is -2.33. The molecule has 1 aromatic heterocycles. The summed E-state index contributed by atoms with van der Waals surface area (Å²) in [5.41, 5.74) is 2.04. The maximum absolute atomic E-state index is 13.1. The molecule has 6 nitrogen and oxygen atoms in total. The molecule has 7 heteroatoms. The zero-order valence-electron chi connectivity index (χ0n) is 18.6. The van der Waals surface area contributed by atoms with Gasteiger partial charge >= 0.3 is 0 Å². The number of nitrogens with one attached hydrogen (secondary N) is 1. The first-order chi connectivity index (χ1) is 15.1. The fourth-order valence-electron chi connectivity index (χ4n) is 3.74. The third kappa shape index (κ3) is 6.68. The number of carbonyl (C=O) groups excluding carboxylic acids is 1. The van der Waals surface area contributed by atoms with Crippen LogP contribution in [0, 0.1) is 0 Å². The quantitative estimate of drug-likeness (QED) is 0.242. The van der Waals surface area contributed by atoms with Crippen LogP contribution in [-0.2, 0) is 16.1 Å². The molecule has 31 heavy (non-hydrogen) atoms. The van der Waals surface area contributed by atoms with E-state index < -0.39 is 0 Å². The van der Waals surface area contributed by atoms with E-state index in [9.17, 15) is 9.59 Å². The first-order valence-corrected chi connectivity index (χ1v) is 12.2. The number of amides is 1. The normalized spacial score (nSPS) is 15.0. The van der Waals surface area contributed by atoms with Gasteiger partial charge in [-0.1, -0.05) is 35.5 Å². The van der Waals surface area contributed by atoms with Crippen LogP contribution in [-0.4, -0.2) is 40.5 Å². The first kappa shape index (κ1) is 23.5. The molecule has 0 bridgehead atoms. The van der Waals surface area contributed by atoms with Crippen LogP contribution >= 0.6 is 11.8 Å². The van der Waals surface area contributed by atoms with E-state index in [2.05, 4.69) is 11.4 Å². The van der Waals surface area contributed by atoms with E-state index in [1.807, 2.05) is 32.0 Å². The summed E-state index contributed by atoms with van der Waals surface area (Å²) in [6.07, 6.45) is 8.78. The number of rotatable bonds is 11. The smallest absolute Gasteiger partial charge is 0.262 e. The summed E-state index contributed by atoms with van der Waals surface area (Å²) in [7, 11) is 0. The molecule has 1 aliphatic rings. The van der Waals surface area contributed by atoms with E-state index in [0.29, 0.717) is 42.4 Å². The van der Waals surface area contributed by atoms with E-state index in [-0.39, 0.29) is 16.7 Å². The van der Waals surface area contributed by atoms with Gasteiger partial charge in [-0.15, -0.1) is 0 Å². The number of aromatic nitrogens is 2. The van der Waals surface area contributed by atoms with Gasteiger partial charge in [0, 0.05) is 26.3 Å². The van der Waals surface area contributed by atoms with Crippen LogP contribution in [0.1, 0.15) is 52.4 Å². The van der Waals surface area contributed by atoms with Crippen LogP contribution in [0.2, 0.25) is 0 Å². The van der Waals surface area contributed by atoms with Crippen LogP contribution in [0.4, 0.5) is 0 Å². The fraction of sp³-hybridized carbons (Fsp3) is 0.542. The monoisotopic (exact) mass is 443 g/mol. The summed E-state index contributed by atoms with van der Waals surface area (Å²) < 4.78 is 7.11. The highest BCUT2D eigenvalue weighted by atomic mass is 32.2. The van der Waals surface area contributed by atoms with Crippen LogP contribution in [0.5, 0.6) is 0 Å². The molecule has 1 aromatic carbocycles. The molecule has 0 saturated carbocycles. The van der Waals surface area contributed by atoms with Gasteiger partial charge in [0.2, 0.25) is 5.91 Å². The average Bonchev–Trinajstić information content (AvgIpc) is 2.79. The van der Waals surface area contributed by atoms with Crippen LogP contribution in [0.25, 0.3) is 10.9 Å². The van der Waals surface area contributed by atoms with Gasteiger partial charge in [-0.3, -0.25) is 14.2 Å². The second kappa shape index (κ2) is 12.1. The third-order valence-corrected chi connectivity index (χ3v) is 6.57. The van der Waals surface area contributed by atoms with Crippen molar-refractivity contribution in [1.82, 2.24) is 14.9 Å². The summed E-state index contributed by atoms with van der Waals surface area (Å²) in [5.74, 6) is -0.0234. The zero-order chi connectivity index (χ0) is 22.1. The van der Waals surface area contributed by atoms with Gasteiger partial charge in [0.1, 0.15) is 0 Å². The van der Waals surface area contributed by atoms with Crippen molar-refractivity contribution in [3.05, 3.63) is 46.3 Å². The Hall–Kier alpha value is -2.12. The largest absolute Gasteiger partial charge is 0.382 e. The summed E-state index contributed by atoms with van der Waals surface area (Å²) >= 11 is 1.34. The van der Waals surface area contributed by atoms with E-state index in [1.165, 1.54) is 30.2 Å². The van der Waals surface area contributed by atoms with Crippen LogP contribution < -0.4 is 10.9 Å². The van der Waals surface area contributed by atoms with E-state index in [4.69, 9.17) is 9.72 Å². The SMILES string of the molecule is CCOCCCn1c(SC(C)C(=O)NCCC2=CCCCC2)nc2ccccc2c1=O. The van der Waals surface area contributed by atoms with Crippen molar-refractivity contribution in [2.24, 2.45) is 0 Å². The fourth-order valence-corrected chi connectivity index (χ4v) is 4.70. The molecule has 3 rings (SSSR count). The van der Waals surface area contributed by atoms with Crippen LogP contribution in [0.3, 0.4) is 0 Å². The summed E-state index contributed by atoms with van der Waals surface area (Å²) in [6.45, 7) is 6.23. The highest BCUT2D eigenvalue weighted by Crippen LogP contribution is 2.23. The van der Waals surface area contributed by atoms with Gasteiger partial charge in [-0.2, -0.15) is 0 Å². The number of benzene rings is 1. The van der Waals surface area contributed by atoms with Gasteiger partial charge in [-0.05, 0) is 64.5 Å². The Morgan fingerprint density at radius 1 is 1.32 bits per heavy atom. The van der Waals surface area contributed by atoms with E-state index in [1.54, 1.807) is 10.6 Å². The van der Waals surface area contributed by atoms with Crippen molar-refractivity contribution in [3.63, 3.8) is 0 Å². The van der Waals surface area contributed by atoms with Crippen LogP contribution in [0.15, 0.2) is 45.9 Å². The number of ether oxygens (including phenoxy) is 1. The molecule has 1 amide bonds. The summed E-state index contributed by atoms with van der Waals surface area (Å²) in [6, 6.07) is 7.36. The zero-order valence-corrected chi connectivity index (χ0v) is 19.4. The molecule has 2 aromatic rings. The lowest BCUT2D eigenvalue weighted by Gasteiger charge is -2.17. The molecule has 1 heterocycles. The predicted octanol–water partition coefficient (Wildman–Crippen LogP) is 4.31. The maximum atomic E-state index is 13.1. The molecule has 0 radical (unpaired) electrons. The minimum atomic E-state index is -0.341. The Kier molecular flexibility index (Phi) is 9.15. The van der Waals surface area contributed by atoms with Crippen molar-refractivity contribution >= 4 is 28.6 Å². The van der Waals surface area contributed by atoms with E-state index >= 15 is 0 Å². The highest BCUT2D eigenvalue weighted by Gasteiger charge is 2.19. The predicted molar refractivity (Wildman–Crippen MR) is 127 cm³/mol. The van der Waals surface area contributed by atoms with Gasteiger partial charge < -0.3 is 10.1 Å². The minimum Gasteiger partial charge on any atom is -0.382 e. The van der Waals surface area contributed by atoms with Gasteiger partial charge in [0.15, 0.2) is 5.16 Å². The minimum absolute atomic E-state index is 0.0234. The number of hydrogen-bond acceptors (Lipinski definition) is 5. The number of para-hydroxylation sites is 1. The molecular weight excluding hydrogens is 410 g/mol. The number of allylic oxidation sites excluding steroid dienone is 1. The Labute approximate surface area is 188 Å². The van der Waals surface area contributed by atoms with Crippen molar-refractivity contribution in [3.8, 4) is 0 Å². The molecule has 1 atom stereocenters. The Morgan fingerprint density at radius 3 is 2.94 bits per heavy atom. The van der Waals surface area contributed by atoms with Gasteiger partial charge in [0.05, 0.1) is 16.2 Å². The number of hydrogen-bond donors (Lipinski definition) is 1. The number of carbonyl (C=O) groups is 1. The average molecular weight is 444 g/mol. The second-order valence-corrected chi connectivity index (χ2v) is 9.14. The summed E-state index contributed by atoms with van der Waals surface area (Å²) in [5, 5.41) is 3.88. The Morgan fingerprint density at radius 2 is 2.16 bits per heavy atom. The van der Waals surface area contributed by atoms with Gasteiger partial charge in [0.25, 0.3) is 5.56 Å². The molecule has 1 unspecified atom stereocenters. The van der Waals surface area contributed by atoms with Crippen molar-refractivity contribution in [2.75, 3.05) is 19.8 Å². The first-order valence-electron chi connectivity index (χ1n) is 11.3. The van der Waals surface area contributed by atoms with Crippen molar-refractivity contribution < 1.29 is 9.53 Å². The molecule has 0 aliphatic heterocycles. The van der Waals surface area contributed by atoms with Gasteiger partial charge in [-0.25, -0.2) is 4.98 Å². The standard InChI is InChI=1S/C24H33N3O3S/c1-3-30-17-9-16-27-23(29)20-12-7-8-13-21(20)26-24(27)31-18(2)22(28)25-15-14-19-10-5-4-6-11-19/h7-8,10,12-13,18H,3-6,9,11,14-17H2,1-2H3,(H,25,28). The molecule has 1 aliphatic carbocycles. The number of thioether (sulfide) groups is 1. The molecule has 0 spiro atoms. The lowest BCUT2D eigenvalue weighted by molar-refractivity contribution is -0.120. The van der Waals surface area contributed by atoms with Crippen molar-refractivity contribution in [1.29, 1.82) is 0 Å². The molecule has 0 fully saturated rings. The number of nitrogens with zero attached hydrogens (tertiary/aromatic N) is 2. The van der Waals surface area contributed by atoms with Crippen molar-refractivity contribution in [2.45, 2.75) is 69.3 Å². The Bertz CT molecular complexity index is 970. The second-order valence-electron chi connectivity index (χ2n) is 7.83. The molecule has 1 N–H and O–H groups in total. The Balaban J connectivity index is 1.68. The number of fused-ring (bicyclic) bond motifs is 1. The lowest BCUT2D eigenvalue weighted by atomic mass is 9.97. The topological polar surface area (TPSA) is 73.2 Å². The molecule has 0 saturated heterocycles. The third-order valence-electron chi connectivity index (χ3n) is 5.48. The maximum Gasteiger partial charge on any atom is 0.262 e. The summed E-state index contributed by atoms with van der Waals surface area (Å²) in [4.78, 5) is 30.4. The molecule has 168 valence electrons. The molecular formula is C24H33N3O3S. The highest BCUT2D eigenvalue weighted by molar-refractivity contribution is 8.00.